The monoisotopic (exact) mass is 218 g/mol. The fourth-order valence-corrected chi connectivity index (χ4v) is 1.78. The molecule has 1 atom stereocenters. The molecule has 0 radical (unpaired) electrons. The first-order chi connectivity index (χ1) is 7.72. The van der Waals surface area contributed by atoms with E-state index in [1.165, 1.54) is 5.56 Å². The van der Waals surface area contributed by atoms with Gasteiger partial charge in [0.25, 0.3) is 0 Å². The average Bonchev–Trinajstić information content (AvgIpc) is 2.27. The molecule has 0 spiro atoms. The quantitative estimate of drug-likeness (QED) is 0.712. The Bertz CT molecular complexity index is 295. The molecule has 2 heteroatoms. The molecule has 2 nitrogen and oxygen atoms in total. The van der Waals surface area contributed by atoms with Gasteiger partial charge in [-0.1, -0.05) is 36.4 Å². The van der Waals surface area contributed by atoms with E-state index in [0.29, 0.717) is 0 Å². The maximum Gasteiger partial charge on any atom is 0.0231 e. The van der Waals surface area contributed by atoms with E-state index in [1.54, 1.807) is 0 Å². The highest BCUT2D eigenvalue weighted by atomic mass is 15.1. The zero-order valence-electron chi connectivity index (χ0n) is 10.1. The van der Waals surface area contributed by atoms with Gasteiger partial charge in [0, 0.05) is 19.1 Å². The molecule has 0 bridgehead atoms. The lowest BCUT2D eigenvalue weighted by Crippen LogP contribution is -2.34. The predicted molar refractivity (Wildman–Crippen MR) is 70.2 cm³/mol. The van der Waals surface area contributed by atoms with Crippen LogP contribution in [0, 0.1) is 0 Å². The van der Waals surface area contributed by atoms with E-state index in [-0.39, 0.29) is 6.04 Å². The van der Waals surface area contributed by atoms with E-state index in [0.717, 1.165) is 25.9 Å². The van der Waals surface area contributed by atoms with Crippen molar-refractivity contribution in [2.75, 3.05) is 13.6 Å². The van der Waals surface area contributed by atoms with Gasteiger partial charge in [-0.15, -0.1) is 6.58 Å². The first kappa shape index (κ1) is 12.9. The molecule has 0 aliphatic carbocycles. The normalized spacial score (nSPS) is 12.7. The third kappa shape index (κ3) is 5.10. The summed E-state index contributed by atoms with van der Waals surface area (Å²) in [5.41, 5.74) is 7.36. The number of rotatable bonds is 7. The number of hydrogen-bond acceptors (Lipinski definition) is 2. The van der Waals surface area contributed by atoms with Crippen molar-refractivity contribution < 1.29 is 0 Å². The van der Waals surface area contributed by atoms with Gasteiger partial charge in [0.15, 0.2) is 0 Å². The summed E-state index contributed by atoms with van der Waals surface area (Å²) >= 11 is 0. The minimum atomic E-state index is 0.242. The SMILES string of the molecule is C=CCCC(N)CN(C)Cc1ccccc1. The molecule has 1 aromatic rings. The Morgan fingerprint density at radius 3 is 2.69 bits per heavy atom. The molecule has 0 aromatic heterocycles. The van der Waals surface area contributed by atoms with E-state index >= 15 is 0 Å². The molecule has 0 saturated carbocycles. The van der Waals surface area contributed by atoms with Gasteiger partial charge >= 0.3 is 0 Å². The molecule has 0 fully saturated rings. The molecule has 2 N–H and O–H groups in total. The lowest BCUT2D eigenvalue weighted by atomic mass is 10.1. The van der Waals surface area contributed by atoms with Crippen LogP contribution in [0.2, 0.25) is 0 Å². The van der Waals surface area contributed by atoms with Crippen molar-refractivity contribution in [2.24, 2.45) is 5.73 Å². The van der Waals surface area contributed by atoms with Gasteiger partial charge in [0.1, 0.15) is 0 Å². The van der Waals surface area contributed by atoms with Gasteiger partial charge in [0.2, 0.25) is 0 Å². The zero-order valence-corrected chi connectivity index (χ0v) is 10.1. The van der Waals surface area contributed by atoms with Crippen LogP contribution in [0.3, 0.4) is 0 Å². The molecule has 0 heterocycles. The Hall–Kier alpha value is -1.12. The number of nitrogens with two attached hydrogens (primary N) is 1. The Balaban J connectivity index is 2.30. The van der Waals surface area contributed by atoms with Crippen molar-refractivity contribution in [3.05, 3.63) is 48.6 Å². The van der Waals surface area contributed by atoms with Crippen LogP contribution in [-0.2, 0) is 6.54 Å². The van der Waals surface area contributed by atoms with E-state index in [9.17, 15) is 0 Å². The summed E-state index contributed by atoms with van der Waals surface area (Å²) in [6.07, 6.45) is 3.94. The molecule has 88 valence electrons. The van der Waals surface area contributed by atoms with Gasteiger partial charge in [-0.25, -0.2) is 0 Å². The van der Waals surface area contributed by atoms with Gasteiger partial charge in [-0.2, -0.15) is 0 Å². The van der Waals surface area contributed by atoms with Crippen LogP contribution in [0.4, 0.5) is 0 Å². The van der Waals surface area contributed by atoms with Crippen LogP contribution in [0.5, 0.6) is 0 Å². The second-order valence-electron chi connectivity index (χ2n) is 4.31. The molecule has 1 rings (SSSR count). The Labute approximate surface area is 98.8 Å². The summed E-state index contributed by atoms with van der Waals surface area (Å²) in [6.45, 7) is 5.60. The highest BCUT2D eigenvalue weighted by molar-refractivity contribution is 5.14. The van der Waals surface area contributed by atoms with Crippen molar-refractivity contribution in [3.63, 3.8) is 0 Å². The van der Waals surface area contributed by atoms with E-state index < -0.39 is 0 Å². The fraction of sp³-hybridized carbons (Fsp3) is 0.429. The number of allylic oxidation sites excluding steroid dienone is 1. The molecular formula is C14H22N2. The van der Waals surface area contributed by atoms with Crippen molar-refractivity contribution in [2.45, 2.75) is 25.4 Å². The minimum absolute atomic E-state index is 0.242. The highest BCUT2D eigenvalue weighted by Gasteiger charge is 2.06. The lowest BCUT2D eigenvalue weighted by molar-refractivity contribution is 0.298. The summed E-state index contributed by atoms with van der Waals surface area (Å²) in [6, 6.07) is 10.7. The van der Waals surface area contributed by atoms with E-state index in [4.69, 9.17) is 5.73 Å². The molecule has 1 aromatic carbocycles. The van der Waals surface area contributed by atoms with Crippen LogP contribution < -0.4 is 5.73 Å². The molecule has 16 heavy (non-hydrogen) atoms. The maximum atomic E-state index is 6.02. The Kier molecular flexibility index (Phi) is 5.83. The summed E-state index contributed by atoms with van der Waals surface area (Å²) in [5.74, 6) is 0. The van der Waals surface area contributed by atoms with Gasteiger partial charge in [-0.05, 0) is 25.5 Å². The average molecular weight is 218 g/mol. The number of benzene rings is 1. The number of likely N-dealkylation sites (N-methyl/N-ethyl adjacent to an activating group) is 1. The molecule has 1 unspecified atom stereocenters. The van der Waals surface area contributed by atoms with Crippen molar-refractivity contribution in [1.29, 1.82) is 0 Å². The number of nitrogens with zero attached hydrogens (tertiary/aromatic N) is 1. The molecule has 0 saturated heterocycles. The summed E-state index contributed by atoms with van der Waals surface area (Å²) in [4.78, 5) is 2.27. The fourth-order valence-electron chi connectivity index (χ4n) is 1.78. The minimum Gasteiger partial charge on any atom is -0.327 e. The second kappa shape index (κ2) is 7.20. The molecule has 0 aliphatic rings. The third-order valence-corrected chi connectivity index (χ3v) is 2.58. The van der Waals surface area contributed by atoms with E-state index in [2.05, 4.69) is 42.8 Å². The highest BCUT2D eigenvalue weighted by Crippen LogP contribution is 2.04. The van der Waals surface area contributed by atoms with Gasteiger partial charge in [0.05, 0.1) is 0 Å². The summed E-state index contributed by atoms with van der Waals surface area (Å²) in [7, 11) is 2.11. The van der Waals surface area contributed by atoms with Crippen molar-refractivity contribution in [3.8, 4) is 0 Å². The maximum absolute atomic E-state index is 6.02. The summed E-state index contributed by atoms with van der Waals surface area (Å²) in [5, 5.41) is 0. The topological polar surface area (TPSA) is 29.3 Å². The van der Waals surface area contributed by atoms with Crippen LogP contribution >= 0.6 is 0 Å². The zero-order chi connectivity index (χ0) is 11.8. The first-order valence-electron chi connectivity index (χ1n) is 5.81. The lowest BCUT2D eigenvalue weighted by Gasteiger charge is -2.21. The van der Waals surface area contributed by atoms with Crippen molar-refractivity contribution in [1.82, 2.24) is 4.90 Å². The molecular weight excluding hydrogens is 196 g/mol. The Morgan fingerprint density at radius 1 is 1.38 bits per heavy atom. The van der Waals surface area contributed by atoms with Crippen LogP contribution in [0.15, 0.2) is 43.0 Å². The van der Waals surface area contributed by atoms with Crippen LogP contribution in [-0.4, -0.2) is 24.5 Å². The molecule has 0 aliphatic heterocycles. The Morgan fingerprint density at radius 2 is 2.06 bits per heavy atom. The second-order valence-corrected chi connectivity index (χ2v) is 4.31. The molecule has 0 amide bonds. The third-order valence-electron chi connectivity index (χ3n) is 2.58. The largest absolute Gasteiger partial charge is 0.327 e. The van der Waals surface area contributed by atoms with Gasteiger partial charge < -0.3 is 10.6 Å². The first-order valence-corrected chi connectivity index (χ1v) is 5.81. The smallest absolute Gasteiger partial charge is 0.0231 e. The summed E-state index contributed by atoms with van der Waals surface area (Å²) < 4.78 is 0. The van der Waals surface area contributed by atoms with Gasteiger partial charge in [-0.3, -0.25) is 0 Å². The van der Waals surface area contributed by atoms with E-state index in [1.807, 2.05) is 12.1 Å². The van der Waals surface area contributed by atoms with Crippen LogP contribution in [0.1, 0.15) is 18.4 Å². The standard InChI is InChI=1S/C14H22N2/c1-3-4-10-14(15)12-16(2)11-13-8-6-5-7-9-13/h3,5-9,14H,1,4,10-12,15H2,2H3. The predicted octanol–water partition coefficient (Wildman–Crippen LogP) is 2.41. The van der Waals surface area contributed by atoms with Crippen molar-refractivity contribution >= 4 is 0 Å². The van der Waals surface area contributed by atoms with Crippen LogP contribution in [0.25, 0.3) is 0 Å². The number of hydrogen-bond donors (Lipinski definition) is 1.